The Balaban J connectivity index is 2.17. The predicted octanol–water partition coefficient (Wildman–Crippen LogP) is 4.61. The Morgan fingerprint density at radius 3 is 2.32 bits per heavy atom. The van der Waals surface area contributed by atoms with Crippen LogP contribution in [0, 0.1) is 0 Å². The summed E-state index contributed by atoms with van der Waals surface area (Å²) in [6.07, 6.45) is -1.94. The highest BCUT2D eigenvalue weighted by molar-refractivity contribution is 6.33. The summed E-state index contributed by atoms with van der Waals surface area (Å²) in [5.74, 6) is -0.239. The zero-order valence-electron chi connectivity index (χ0n) is 13.7. The molecule has 0 atom stereocenters. The number of alkyl halides is 3. The van der Waals surface area contributed by atoms with Gasteiger partial charge >= 0.3 is 6.18 Å². The Kier molecular flexibility index (Phi) is 5.22. The van der Waals surface area contributed by atoms with E-state index in [-0.39, 0.29) is 21.9 Å². The normalized spacial score (nSPS) is 12.0. The van der Waals surface area contributed by atoms with Gasteiger partial charge in [0.2, 0.25) is 0 Å². The van der Waals surface area contributed by atoms with E-state index >= 15 is 0 Å². The molecule has 2 rings (SSSR count). The van der Waals surface area contributed by atoms with Gasteiger partial charge in [-0.1, -0.05) is 11.6 Å². The number of nitrogens with zero attached hydrogens (tertiary/aromatic N) is 2. The molecular formula is C16H16ClF3N4O. The van der Waals surface area contributed by atoms with Gasteiger partial charge in [-0.15, -0.1) is 0 Å². The number of hydrogen-bond donors (Lipinski definition) is 2. The summed E-state index contributed by atoms with van der Waals surface area (Å²) in [6, 6.07) is 2.68. The molecular weight excluding hydrogens is 357 g/mol. The molecule has 0 fully saturated rings. The fourth-order valence-corrected chi connectivity index (χ4v) is 2.04. The van der Waals surface area contributed by atoms with Gasteiger partial charge < -0.3 is 10.6 Å². The first-order valence-electron chi connectivity index (χ1n) is 7.24. The third-order valence-corrected chi connectivity index (χ3v) is 3.26. The van der Waals surface area contributed by atoms with Crippen molar-refractivity contribution in [2.75, 3.05) is 10.6 Å². The van der Waals surface area contributed by atoms with Crippen LogP contribution in [0.15, 0.2) is 30.6 Å². The van der Waals surface area contributed by atoms with Crippen molar-refractivity contribution in [3.63, 3.8) is 0 Å². The second kappa shape index (κ2) is 6.87. The zero-order chi connectivity index (χ0) is 18.8. The van der Waals surface area contributed by atoms with Crippen LogP contribution in [0.3, 0.4) is 0 Å². The monoisotopic (exact) mass is 372 g/mol. The van der Waals surface area contributed by atoms with Crippen LogP contribution >= 0.6 is 11.6 Å². The summed E-state index contributed by atoms with van der Waals surface area (Å²) in [5.41, 5.74) is -1.35. The summed E-state index contributed by atoms with van der Waals surface area (Å²) >= 11 is 5.85. The van der Waals surface area contributed by atoms with E-state index in [0.717, 1.165) is 18.2 Å². The molecule has 0 radical (unpaired) electrons. The van der Waals surface area contributed by atoms with Gasteiger partial charge in [0.25, 0.3) is 5.91 Å². The van der Waals surface area contributed by atoms with Gasteiger partial charge in [0, 0.05) is 5.54 Å². The molecule has 0 aliphatic carbocycles. The molecule has 0 saturated carbocycles. The average Bonchev–Trinajstić information content (AvgIpc) is 2.47. The molecule has 2 aromatic rings. The number of nitrogens with one attached hydrogen (secondary N) is 2. The minimum Gasteiger partial charge on any atom is -0.364 e. The number of aromatic nitrogens is 2. The highest BCUT2D eigenvalue weighted by Gasteiger charge is 2.31. The number of hydrogen-bond acceptors (Lipinski definition) is 4. The number of amides is 1. The number of anilines is 2. The summed E-state index contributed by atoms with van der Waals surface area (Å²) < 4.78 is 38.3. The van der Waals surface area contributed by atoms with Crippen molar-refractivity contribution in [1.82, 2.24) is 9.97 Å². The molecule has 134 valence electrons. The van der Waals surface area contributed by atoms with Crippen LogP contribution < -0.4 is 10.6 Å². The van der Waals surface area contributed by atoms with Gasteiger partial charge in [0.05, 0.1) is 28.7 Å². The molecule has 25 heavy (non-hydrogen) atoms. The second-order valence-electron chi connectivity index (χ2n) is 6.31. The second-order valence-corrected chi connectivity index (χ2v) is 6.72. The molecule has 2 N–H and O–H groups in total. The molecule has 0 aliphatic rings. The Labute approximate surface area is 147 Å². The van der Waals surface area contributed by atoms with Crippen molar-refractivity contribution in [3.05, 3.63) is 46.9 Å². The minimum atomic E-state index is -4.54. The van der Waals surface area contributed by atoms with Crippen molar-refractivity contribution < 1.29 is 18.0 Å². The lowest BCUT2D eigenvalue weighted by atomic mass is 10.1. The molecule has 1 heterocycles. The SMILES string of the molecule is CC(C)(C)Nc1cnc(C(=O)Nc2cc(C(F)(F)F)ccc2Cl)cn1. The van der Waals surface area contributed by atoms with Crippen molar-refractivity contribution in [3.8, 4) is 0 Å². The fourth-order valence-electron chi connectivity index (χ4n) is 1.88. The van der Waals surface area contributed by atoms with Gasteiger partial charge in [-0.2, -0.15) is 13.2 Å². The number of rotatable bonds is 3. The maximum Gasteiger partial charge on any atom is 0.416 e. The van der Waals surface area contributed by atoms with Crippen LogP contribution in [0.25, 0.3) is 0 Å². The van der Waals surface area contributed by atoms with Crippen molar-refractivity contribution in [2.45, 2.75) is 32.5 Å². The van der Waals surface area contributed by atoms with Gasteiger partial charge in [-0.25, -0.2) is 9.97 Å². The smallest absolute Gasteiger partial charge is 0.364 e. The first-order chi connectivity index (χ1) is 11.5. The van der Waals surface area contributed by atoms with E-state index < -0.39 is 17.6 Å². The fraction of sp³-hybridized carbons (Fsp3) is 0.312. The molecule has 0 bridgehead atoms. The molecule has 0 unspecified atom stereocenters. The molecule has 0 spiro atoms. The van der Waals surface area contributed by atoms with Crippen LogP contribution in [0.4, 0.5) is 24.7 Å². The van der Waals surface area contributed by atoms with E-state index in [4.69, 9.17) is 11.6 Å². The van der Waals surface area contributed by atoms with E-state index in [1.165, 1.54) is 12.4 Å². The molecule has 9 heteroatoms. The van der Waals surface area contributed by atoms with Gasteiger partial charge in [-0.3, -0.25) is 4.79 Å². The Hall–Kier alpha value is -2.35. The highest BCUT2D eigenvalue weighted by Crippen LogP contribution is 2.33. The average molecular weight is 373 g/mol. The molecule has 1 aromatic heterocycles. The third kappa shape index (κ3) is 5.32. The third-order valence-electron chi connectivity index (χ3n) is 2.93. The van der Waals surface area contributed by atoms with E-state index in [0.29, 0.717) is 5.82 Å². The maximum atomic E-state index is 12.8. The molecule has 5 nitrogen and oxygen atoms in total. The molecule has 1 amide bonds. The van der Waals surface area contributed by atoms with Crippen LogP contribution in [-0.4, -0.2) is 21.4 Å². The topological polar surface area (TPSA) is 66.9 Å². The van der Waals surface area contributed by atoms with Crippen LogP contribution in [0.1, 0.15) is 36.8 Å². The first-order valence-corrected chi connectivity index (χ1v) is 7.62. The maximum absolute atomic E-state index is 12.8. The summed E-state index contributed by atoms with van der Waals surface area (Å²) in [4.78, 5) is 20.2. The predicted molar refractivity (Wildman–Crippen MR) is 89.8 cm³/mol. The van der Waals surface area contributed by atoms with E-state index in [2.05, 4.69) is 20.6 Å². The van der Waals surface area contributed by atoms with Gasteiger partial charge in [0.1, 0.15) is 11.5 Å². The first kappa shape index (κ1) is 19.0. The van der Waals surface area contributed by atoms with E-state index in [1.807, 2.05) is 20.8 Å². The van der Waals surface area contributed by atoms with E-state index in [1.54, 1.807) is 0 Å². The number of carbonyl (C=O) groups excluding carboxylic acids is 1. The largest absolute Gasteiger partial charge is 0.416 e. The van der Waals surface area contributed by atoms with Crippen LogP contribution in [0.5, 0.6) is 0 Å². The number of halogens is 4. The molecule has 0 aliphatic heterocycles. The van der Waals surface area contributed by atoms with Crippen molar-refractivity contribution >= 4 is 29.0 Å². The Morgan fingerprint density at radius 2 is 1.80 bits per heavy atom. The number of benzene rings is 1. The van der Waals surface area contributed by atoms with Crippen LogP contribution in [0.2, 0.25) is 5.02 Å². The molecule has 1 aromatic carbocycles. The van der Waals surface area contributed by atoms with Crippen molar-refractivity contribution in [2.24, 2.45) is 0 Å². The van der Waals surface area contributed by atoms with Gasteiger partial charge in [0.15, 0.2) is 0 Å². The van der Waals surface area contributed by atoms with Crippen LogP contribution in [-0.2, 0) is 6.18 Å². The van der Waals surface area contributed by atoms with E-state index in [9.17, 15) is 18.0 Å². The molecule has 0 saturated heterocycles. The highest BCUT2D eigenvalue weighted by atomic mass is 35.5. The summed E-state index contributed by atoms with van der Waals surface area (Å²) in [6.45, 7) is 5.81. The quantitative estimate of drug-likeness (QED) is 0.825. The Bertz CT molecular complexity index is 770. The summed E-state index contributed by atoms with van der Waals surface area (Å²) in [7, 11) is 0. The van der Waals surface area contributed by atoms with Crippen molar-refractivity contribution in [1.29, 1.82) is 0 Å². The standard InChI is InChI=1S/C16H16ClF3N4O/c1-15(2,3)24-13-8-21-12(7-22-13)14(25)23-11-6-9(16(18,19)20)4-5-10(11)17/h4-8H,1-3H3,(H,22,24)(H,23,25). The lowest BCUT2D eigenvalue weighted by Gasteiger charge is -2.20. The number of carbonyl (C=O) groups is 1. The van der Waals surface area contributed by atoms with Gasteiger partial charge in [-0.05, 0) is 39.0 Å². The lowest BCUT2D eigenvalue weighted by Crippen LogP contribution is -2.27. The summed E-state index contributed by atoms with van der Waals surface area (Å²) in [5, 5.41) is 5.38. The Morgan fingerprint density at radius 1 is 1.12 bits per heavy atom. The zero-order valence-corrected chi connectivity index (χ0v) is 14.5. The lowest BCUT2D eigenvalue weighted by molar-refractivity contribution is -0.137. The minimum absolute atomic E-state index is 0.0136.